The molecule has 26 heavy (non-hydrogen) atoms. The summed E-state index contributed by atoms with van der Waals surface area (Å²) in [5, 5.41) is 3.51. The normalized spacial score (nSPS) is 11.3. The highest BCUT2D eigenvalue weighted by atomic mass is 15.1. The zero-order chi connectivity index (χ0) is 17.9. The molecule has 0 bridgehead atoms. The Bertz CT molecular complexity index is 1010. The molecule has 5 heteroatoms. The zero-order valence-electron chi connectivity index (χ0n) is 15.2. The first-order valence-corrected chi connectivity index (χ1v) is 8.99. The number of nitrogens with zero attached hydrogens (tertiary/aromatic N) is 4. The van der Waals surface area contributed by atoms with Gasteiger partial charge < -0.3 is 9.88 Å². The van der Waals surface area contributed by atoms with Crippen molar-refractivity contribution in [1.82, 2.24) is 24.4 Å². The van der Waals surface area contributed by atoms with Gasteiger partial charge in [-0.15, -0.1) is 0 Å². The van der Waals surface area contributed by atoms with Crippen molar-refractivity contribution >= 4 is 11.0 Å². The van der Waals surface area contributed by atoms with Crippen LogP contribution in [0.3, 0.4) is 0 Å². The molecule has 132 valence electrons. The third kappa shape index (κ3) is 3.13. The fourth-order valence-corrected chi connectivity index (χ4v) is 3.36. The van der Waals surface area contributed by atoms with E-state index in [-0.39, 0.29) is 0 Å². The molecule has 0 spiro atoms. The lowest BCUT2D eigenvalue weighted by Gasteiger charge is -2.10. The molecule has 0 atom stereocenters. The summed E-state index contributed by atoms with van der Waals surface area (Å²) in [6.07, 6.45) is 3.84. The van der Waals surface area contributed by atoms with Crippen LogP contribution in [0.1, 0.15) is 24.0 Å². The second-order valence-corrected chi connectivity index (χ2v) is 6.41. The molecule has 0 saturated heterocycles. The predicted octanol–water partition coefficient (Wildman–Crippen LogP) is 3.84. The van der Waals surface area contributed by atoms with E-state index in [0.717, 1.165) is 42.2 Å². The quantitative estimate of drug-likeness (QED) is 0.577. The minimum Gasteiger partial charge on any atom is -0.331 e. The number of rotatable bonds is 6. The van der Waals surface area contributed by atoms with E-state index in [4.69, 9.17) is 0 Å². The third-order valence-corrected chi connectivity index (χ3v) is 4.76. The van der Waals surface area contributed by atoms with Crippen molar-refractivity contribution in [3.8, 4) is 5.69 Å². The molecule has 0 aliphatic heterocycles. The highest BCUT2D eigenvalue weighted by Gasteiger charge is 2.05. The summed E-state index contributed by atoms with van der Waals surface area (Å²) in [7, 11) is 0. The molecule has 0 unspecified atom stereocenters. The van der Waals surface area contributed by atoms with Gasteiger partial charge >= 0.3 is 0 Å². The SMILES string of the molecule is CCn1c(CNCc2ccc(-n3cnc4ccccc43)cc2)cnc1C. The number of nitrogens with one attached hydrogen (secondary N) is 1. The van der Waals surface area contributed by atoms with E-state index in [0.29, 0.717) is 0 Å². The number of hydrogen-bond acceptors (Lipinski definition) is 3. The first kappa shape index (κ1) is 16.5. The Morgan fingerprint density at radius 3 is 2.58 bits per heavy atom. The lowest BCUT2D eigenvalue weighted by molar-refractivity contribution is 0.619. The van der Waals surface area contributed by atoms with Crippen molar-refractivity contribution in [1.29, 1.82) is 0 Å². The second-order valence-electron chi connectivity index (χ2n) is 6.41. The van der Waals surface area contributed by atoms with Gasteiger partial charge in [-0.05, 0) is 43.7 Å². The molecule has 2 aromatic carbocycles. The molecule has 0 fully saturated rings. The molecule has 5 nitrogen and oxygen atoms in total. The maximum absolute atomic E-state index is 4.46. The molecule has 0 aliphatic carbocycles. The molecule has 4 rings (SSSR count). The number of fused-ring (bicyclic) bond motifs is 1. The van der Waals surface area contributed by atoms with Gasteiger partial charge in [-0.2, -0.15) is 0 Å². The van der Waals surface area contributed by atoms with E-state index in [1.807, 2.05) is 37.6 Å². The van der Waals surface area contributed by atoms with Crippen LogP contribution in [0.2, 0.25) is 0 Å². The lowest BCUT2D eigenvalue weighted by Crippen LogP contribution is -2.16. The predicted molar refractivity (Wildman–Crippen MR) is 104 cm³/mol. The minimum absolute atomic E-state index is 0.822. The van der Waals surface area contributed by atoms with Crippen molar-refractivity contribution in [3.63, 3.8) is 0 Å². The zero-order valence-corrected chi connectivity index (χ0v) is 15.2. The first-order valence-electron chi connectivity index (χ1n) is 8.99. The van der Waals surface area contributed by atoms with Gasteiger partial charge in [0.2, 0.25) is 0 Å². The maximum Gasteiger partial charge on any atom is 0.105 e. The number of hydrogen-bond donors (Lipinski definition) is 1. The average molecular weight is 345 g/mol. The maximum atomic E-state index is 4.46. The smallest absolute Gasteiger partial charge is 0.105 e. The lowest BCUT2D eigenvalue weighted by atomic mass is 10.2. The largest absolute Gasteiger partial charge is 0.331 e. The van der Waals surface area contributed by atoms with E-state index < -0.39 is 0 Å². The summed E-state index contributed by atoms with van der Waals surface area (Å²) >= 11 is 0. The van der Waals surface area contributed by atoms with Crippen molar-refractivity contribution in [2.24, 2.45) is 0 Å². The van der Waals surface area contributed by atoms with Crippen LogP contribution in [0.15, 0.2) is 61.1 Å². The second kappa shape index (κ2) is 7.14. The van der Waals surface area contributed by atoms with E-state index in [1.165, 1.54) is 11.3 Å². The van der Waals surface area contributed by atoms with Crippen LogP contribution in [-0.4, -0.2) is 19.1 Å². The number of para-hydroxylation sites is 2. The molecule has 2 heterocycles. The molecule has 4 aromatic rings. The van der Waals surface area contributed by atoms with E-state index in [9.17, 15) is 0 Å². The molecule has 2 aromatic heterocycles. The van der Waals surface area contributed by atoms with Gasteiger partial charge in [-0.25, -0.2) is 9.97 Å². The van der Waals surface area contributed by atoms with Gasteiger partial charge in [0.1, 0.15) is 12.2 Å². The Balaban J connectivity index is 1.43. The Morgan fingerprint density at radius 2 is 1.77 bits per heavy atom. The third-order valence-electron chi connectivity index (χ3n) is 4.76. The van der Waals surface area contributed by atoms with E-state index in [2.05, 4.69) is 61.7 Å². The molecule has 0 aliphatic rings. The van der Waals surface area contributed by atoms with Crippen LogP contribution in [0, 0.1) is 6.92 Å². The Hall–Kier alpha value is -2.92. The van der Waals surface area contributed by atoms with E-state index in [1.54, 1.807) is 0 Å². The van der Waals surface area contributed by atoms with Crippen LogP contribution < -0.4 is 5.32 Å². The van der Waals surface area contributed by atoms with Crippen LogP contribution >= 0.6 is 0 Å². The van der Waals surface area contributed by atoms with Gasteiger partial charge in [0, 0.05) is 31.5 Å². The van der Waals surface area contributed by atoms with Crippen LogP contribution in [0.5, 0.6) is 0 Å². The molecule has 1 N–H and O–H groups in total. The topological polar surface area (TPSA) is 47.7 Å². The highest BCUT2D eigenvalue weighted by molar-refractivity contribution is 5.77. The van der Waals surface area contributed by atoms with Crippen LogP contribution in [0.4, 0.5) is 0 Å². The van der Waals surface area contributed by atoms with Crippen molar-refractivity contribution in [3.05, 3.63) is 78.1 Å². The molecular formula is C21H23N5. The van der Waals surface area contributed by atoms with Gasteiger partial charge in [0.15, 0.2) is 0 Å². The molecule has 0 saturated carbocycles. The van der Waals surface area contributed by atoms with Gasteiger partial charge in [0.25, 0.3) is 0 Å². The number of benzene rings is 2. The first-order chi connectivity index (χ1) is 12.8. The summed E-state index contributed by atoms with van der Waals surface area (Å²) in [6.45, 7) is 6.81. The molecule has 0 radical (unpaired) electrons. The molecular weight excluding hydrogens is 322 g/mol. The fourth-order valence-electron chi connectivity index (χ4n) is 3.36. The van der Waals surface area contributed by atoms with Crippen molar-refractivity contribution < 1.29 is 0 Å². The average Bonchev–Trinajstić information content (AvgIpc) is 3.26. The number of imidazole rings is 2. The Kier molecular flexibility index (Phi) is 4.54. The molecule has 0 amide bonds. The van der Waals surface area contributed by atoms with E-state index >= 15 is 0 Å². The van der Waals surface area contributed by atoms with Gasteiger partial charge in [-0.3, -0.25) is 4.57 Å². The fraction of sp³-hybridized carbons (Fsp3) is 0.238. The van der Waals surface area contributed by atoms with Gasteiger partial charge in [-0.1, -0.05) is 24.3 Å². The summed E-state index contributed by atoms with van der Waals surface area (Å²) < 4.78 is 4.36. The number of aromatic nitrogens is 4. The highest BCUT2D eigenvalue weighted by Crippen LogP contribution is 2.18. The Labute approximate surface area is 153 Å². The standard InChI is InChI=1S/C21H23N5/c1-3-25-16(2)23-14-19(25)13-22-12-17-8-10-18(11-9-17)26-15-24-20-6-4-5-7-21(20)26/h4-11,14-15,22H,3,12-13H2,1-2H3. The number of aryl methyl sites for hydroxylation is 1. The summed E-state index contributed by atoms with van der Waals surface area (Å²) in [4.78, 5) is 8.85. The summed E-state index contributed by atoms with van der Waals surface area (Å²) in [5.41, 5.74) is 5.76. The van der Waals surface area contributed by atoms with Crippen LogP contribution in [0.25, 0.3) is 16.7 Å². The van der Waals surface area contributed by atoms with Crippen molar-refractivity contribution in [2.75, 3.05) is 0 Å². The Morgan fingerprint density at radius 1 is 0.962 bits per heavy atom. The summed E-state index contributed by atoms with van der Waals surface area (Å²) in [6, 6.07) is 16.8. The van der Waals surface area contributed by atoms with Crippen LogP contribution in [-0.2, 0) is 19.6 Å². The van der Waals surface area contributed by atoms with Gasteiger partial charge in [0.05, 0.1) is 16.7 Å². The summed E-state index contributed by atoms with van der Waals surface area (Å²) in [5.74, 6) is 1.07. The van der Waals surface area contributed by atoms with Crippen molar-refractivity contribution in [2.45, 2.75) is 33.5 Å². The monoisotopic (exact) mass is 345 g/mol. The minimum atomic E-state index is 0.822.